The lowest BCUT2D eigenvalue weighted by molar-refractivity contribution is 0.146. The lowest BCUT2D eigenvalue weighted by Gasteiger charge is -2.13. The standard InChI is InChI=1S/C16H21NO5S/c1-12-4-9-16(22-12)13(2)17-23(18,19)15-7-5-14(6-8-15)21-11-10-20-3/h4-9,13,17H,10-11H2,1-3H3. The predicted molar refractivity (Wildman–Crippen MR) is 86.0 cm³/mol. The number of furan rings is 1. The Morgan fingerprint density at radius 3 is 2.39 bits per heavy atom. The highest BCUT2D eigenvalue weighted by Crippen LogP contribution is 2.20. The number of sulfonamides is 1. The van der Waals surface area contributed by atoms with Crippen molar-refractivity contribution in [2.75, 3.05) is 20.3 Å². The molecule has 7 heteroatoms. The van der Waals surface area contributed by atoms with Gasteiger partial charge in [-0.1, -0.05) is 0 Å². The second kappa shape index (κ2) is 7.63. The molecule has 1 aromatic carbocycles. The Bertz CT molecular complexity index is 721. The molecule has 0 fully saturated rings. The number of methoxy groups -OCH3 is 1. The van der Waals surface area contributed by atoms with Crippen LogP contribution in [-0.4, -0.2) is 28.7 Å². The van der Waals surface area contributed by atoms with Gasteiger partial charge >= 0.3 is 0 Å². The van der Waals surface area contributed by atoms with Gasteiger partial charge < -0.3 is 13.9 Å². The van der Waals surface area contributed by atoms with Crippen LogP contribution in [0.4, 0.5) is 0 Å². The molecular weight excluding hydrogens is 318 g/mol. The lowest BCUT2D eigenvalue weighted by atomic mass is 10.3. The van der Waals surface area contributed by atoms with E-state index < -0.39 is 16.1 Å². The Labute approximate surface area is 136 Å². The summed E-state index contributed by atoms with van der Waals surface area (Å²) in [5.41, 5.74) is 0. The molecule has 0 saturated heterocycles. The van der Waals surface area contributed by atoms with Gasteiger partial charge in [0.05, 0.1) is 17.5 Å². The van der Waals surface area contributed by atoms with Gasteiger partial charge in [0, 0.05) is 7.11 Å². The number of ether oxygens (including phenoxy) is 2. The zero-order valence-electron chi connectivity index (χ0n) is 13.4. The number of rotatable bonds is 8. The molecule has 6 nitrogen and oxygen atoms in total. The highest BCUT2D eigenvalue weighted by atomic mass is 32.2. The van der Waals surface area contributed by atoms with Crippen LogP contribution in [0.1, 0.15) is 24.5 Å². The fraction of sp³-hybridized carbons (Fsp3) is 0.375. The molecule has 0 spiro atoms. The molecule has 1 N–H and O–H groups in total. The summed E-state index contributed by atoms with van der Waals surface area (Å²) in [5.74, 6) is 1.91. The summed E-state index contributed by atoms with van der Waals surface area (Å²) in [5, 5.41) is 0. The maximum Gasteiger partial charge on any atom is 0.241 e. The molecule has 0 radical (unpaired) electrons. The van der Waals surface area contributed by atoms with E-state index in [1.165, 1.54) is 12.1 Å². The van der Waals surface area contributed by atoms with Gasteiger partial charge in [0.2, 0.25) is 10.0 Å². The minimum absolute atomic E-state index is 0.173. The first-order valence-corrected chi connectivity index (χ1v) is 8.71. The van der Waals surface area contributed by atoms with Gasteiger partial charge in [-0.3, -0.25) is 0 Å². The van der Waals surface area contributed by atoms with Crippen molar-refractivity contribution in [3.8, 4) is 5.75 Å². The third kappa shape index (κ3) is 4.82. The fourth-order valence-corrected chi connectivity index (χ4v) is 3.21. The van der Waals surface area contributed by atoms with E-state index in [-0.39, 0.29) is 4.90 Å². The molecule has 2 aromatic rings. The highest BCUT2D eigenvalue weighted by Gasteiger charge is 2.20. The van der Waals surface area contributed by atoms with E-state index in [9.17, 15) is 8.42 Å². The molecule has 1 atom stereocenters. The Balaban J connectivity index is 2.04. The van der Waals surface area contributed by atoms with Crippen LogP contribution >= 0.6 is 0 Å². The van der Waals surface area contributed by atoms with Crippen LogP contribution < -0.4 is 9.46 Å². The van der Waals surface area contributed by atoms with E-state index in [2.05, 4.69) is 4.72 Å². The molecule has 23 heavy (non-hydrogen) atoms. The summed E-state index contributed by atoms with van der Waals surface area (Å²) >= 11 is 0. The van der Waals surface area contributed by atoms with Crippen LogP contribution in [-0.2, 0) is 14.8 Å². The number of nitrogens with one attached hydrogen (secondary N) is 1. The molecule has 1 aromatic heterocycles. The number of aryl methyl sites for hydroxylation is 1. The average molecular weight is 339 g/mol. The summed E-state index contributed by atoms with van der Waals surface area (Å²) in [4.78, 5) is 0.173. The summed E-state index contributed by atoms with van der Waals surface area (Å²) in [7, 11) is -2.04. The van der Waals surface area contributed by atoms with Crippen molar-refractivity contribution >= 4 is 10.0 Å². The third-order valence-corrected chi connectivity index (χ3v) is 4.77. The number of hydrogen-bond donors (Lipinski definition) is 1. The molecule has 0 aliphatic carbocycles. The second-order valence-electron chi connectivity index (χ2n) is 5.10. The zero-order valence-corrected chi connectivity index (χ0v) is 14.2. The van der Waals surface area contributed by atoms with Gasteiger partial charge in [-0.2, -0.15) is 0 Å². The van der Waals surface area contributed by atoms with Crippen molar-refractivity contribution in [2.24, 2.45) is 0 Å². The topological polar surface area (TPSA) is 77.8 Å². The molecular formula is C16H21NO5S. The van der Waals surface area contributed by atoms with Gasteiger partial charge in [-0.15, -0.1) is 0 Å². The average Bonchev–Trinajstić information content (AvgIpc) is 2.94. The lowest BCUT2D eigenvalue weighted by Crippen LogP contribution is -2.26. The highest BCUT2D eigenvalue weighted by molar-refractivity contribution is 7.89. The van der Waals surface area contributed by atoms with Gasteiger partial charge in [-0.25, -0.2) is 13.1 Å². The Morgan fingerprint density at radius 1 is 1.13 bits per heavy atom. The normalized spacial score (nSPS) is 13.0. The van der Waals surface area contributed by atoms with Crippen molar-refractivity contribution in [2.45, 2.75) is 24.8 Å². The van der Waals surface area contributed by atoms with Gasteiger partial charge in [0.15, 0.2) is 0 Å². The number of hydrogen-bond acceptors (Lipinski definition) is 5. The van der Waals surface area contributed by atoms with Crippen LogP contribution in [0.25, 0.3) is 0 Å². The van der Waals surface area contributed by atoms with Gasteiger partial charge in [0.25, 0.3) is 0 Å². The quantitative estimate of drug-likeness (QED) is 0.748. The molecule has 0 saturated carbocycles. The smallest absolute Gasteiger partial charge is 0.241 e. The molecule has 1 unspecified atom stereocenters. The largest absolute Gasteiger partial charge is 0.491 e. The SMILES string of the molecule is COCCOc1ccc(S(=O)(=O)NC(C)c2ccc(C)o2)cc1. The second-order valence-corrected chi connectivity index (χ2v) is 6.82. The maximum absolute atomic E-state index is 12.4. The first-order chi connectivity index (χ1) is 10.9. The Kier molecular flexibility index (Phi) is 5.81. The molecule has 0 amide bonds. The van der Waals surface area contributed by atoms with Crippen LogP contribution in [0.5, 0.6) is 5.75 Å². The van der Waals surface area contributed by atoms with Crippen molar-refractivity contribution in [3.63, 3.8) is 0 Å². The molecule has 0 aliphatic heterocycles. The van der Waals surface area contributed by atoms with Crippen LogP contribution in [0, 0.1) is 6.92 Å². The summed E-state index contributed by atoms with van der Waals surface area (Å²) in [6.07, 6.45) is 0. The molecule has 126 valence electrons. The number of benzene rings is 1. The van der Waals surface area contributed by atoms with E-state index in [0.717, 1.165) is 5.76 Å². The van der Waals surface area contributed by atoms with E-state index >= 15 is 0 Å². The first-order valence-electron chi connectivity index (χ1n) is 7.23. The summed E-state index contributed by atoms with van der Waals surface area (Å²) in [6, 6.07) is 9.35. The van der Waals surface area contributed by atoms with E-state index in [1.807, 2.05) is 6.92 Å². The van der Waals surface area contributed by atoms with Gasteiger partial charge in [0.1, 0.15) is 23.9 Å². The maximum atomic E-state index is 12.4. The first kappa shape index (κ1) is 17.5. The van der Waals surface area contributed by atoms with E-state index in [4.69, 9.17) is 13.9 Å². The fourth-order valence-electron chi connectivity index (χ4n) is 2.00. The Morgan fingerprint density at radius 2 is 1.83 bits per heavy atom. The van der Waals surface area contributed by atoms with Gasteiger partial charge in [-0.05, 0) is 50.2 Å². The van der Waals surface area contributed by atoms with E-state index in [1.54, 1.807) is 38.3 Å². The van der Waals surface area contributed by atoms with Crippen molar-refractivity contribution in [1.82, 2.24) is 4.72 Å². The summed E-state index contributed by atoms with van der Waals surface area (Å²) < 4.78 is 43.1. The molecule has 2 rings (SSSR count). The summed E-state index contributed by atoms with van der Waals surface area (Å²) in [6.45, 7) is 4.43. The minimum atomic E-state index is -3.63. The van der Waals surface area contributed by atoms with Crippen molar-refractivity contribution in [1.29, 1.82) is 0 Å². The van der Waals surface area contributed by atoms with Crippen LogP contribution in [0.15, 0.2) is 45.7 Å². The molecule has 1 heterocycles. The van der Waals surface area contributed by atoms with E-state index in [0.29, 0.717) is 24.7 Å². The van der Waals surface area contributed by atoms with Crippen molar-refractivity contribution < 1.29 is 22.3 Å². The minimum Gasteiger partial charge on any atom is -0.491 e. The predicted octanol–water partition coefficient (Wildman–Crippen LogP) is 2.65. The molecule has 0 bridgehead atoms. The Hall–Kier alpha value is -1.83. The van der Waals surface area contributed by atoms with Crippen LogP contribution in [0.2, 0.25) is 0 Å². The van der Waals surface area contributed by atoms with Crippen LogP contribution in [0.3, 0.4) is 0 Å². The van der Waals surface area contributed by atoms with Crippen molar-refractivity contribution in [3.05, 3.63) is 47.9 Å². The zero-order chi connectivity index (χ0) is 16.9. The monoisotopic (exact) mass is 339 g/mol. The third-order valence-electron chi connectivity index (χ3n) is 3.21. The molecule has 0 aliphatic rings.